The molecular formula is C10H20N2O2S. The van der Waals surface area contributed by atoms with E-state index in [4.69, 9.17) is 5.11 Å². The molecule has 0 unspecified atom stereocenters. The van der Waals surface area contributed by atoms with Gasteiger partial charge in [0.1, 0.15) is 0 Å². The second-order valence-corrected chi connectivity index (χ2v) is 6.03. The van der Waals surface area contributed by atoms with E-state index in [-0.39, 0.29) is 0 Å². The molecule has 1 fully saturated rings. The maximum Gasteiger partial charge on any atom is 0.422 e. The van der Waals surface area contributed by atoms with Crippen molar-refractivity contribution in [2.45, 2.75) is 45.2 Å². The topological polar surface area (TPSA) is 52.6 Å². The molecule has 0 aromatic rings. The highest BCUT2D eigenvalue weighted by atomic mass is 32.2. The van der Waals surface area contributed by atoms with Crippen LogP contribution in [0.2, 0.25) is 0 Å². The van der Waals surface area contributed by atoms with E-state index in [0.29, 0.717) is 6.04 Å². The van der Waals surface area contributed by atoms with E-state index in [2.05, 4.69) is 5.43 Å². The maximum atomic E-state index is 11.1. The van der Waals surface area contributed by atoms with Gasteiger partial charge in [0.15, 0.2) is 0 Å². The molecule has 0 aromatic heterocycles. The summed E-state index contributed by atoms with van der Waals surface area (Å²) in [7, 11) is 0. The van der Waals surface area contributed by atoms with Gasteiger partial charge in [-0.25, -0.2) is 15.2 Å². The number of hydrazine groups is 1. The Hall–Kier alpha value is -0.420. The summed E-state index contributed by atoms with van der Waals surface area (Å²) in [4.78, 5) is 11.1. The molecule has 1 rings (SSSR count). The molecule has 0 radical (unpaired) electrons. The third-order valence-electron chi connectivity index (χ3n) is 2.40. The van der Waals surface area contributed by atoms with Gasteiger partial charge in [-0.3, -0.25) is 0 Å². The fourth-order valence-electron chi connectivity index (χ4n) is 1.55. The number of hydrogen-bond donors (Lipinski definition) is 2. The average Bonchev–Trinajstić information content (AvgIpc) is 2.13. The van der Waals surface area contributed by atoms with E-state index in [1.54, 1.807) is 0 Å². The summed E-state index contributed by atoms with van der Waals surface area (Å²) in [6.45, 7) is 5.68. The first kappa shape index (κ1) is 12.6. The molecule has 5 heteroatoms. The maximum absolute atomic E-state index is 11.1. The highest BCUT2D eigenvalue weighted by Gasteiger charge is 2.29. The average molecular weight is 232 g/mol. The van der Waals surface area contributed by atoms with Gasteiger partial charge in [0.2, 0.25) is 0 Å². The van der Waals surface area contributed by atoms with Crippen LogP contribution in [0.1, 0.15) is 33.6 Å². The SMILES string of the molecule is CC(C)(C)N(NC1CCSCC1)C(=O)O. The van der Waals surface area contributed by atoms with Gasteiger partial charge in [-0.05, 0) is 45.1 Å². The van der Waals surface area contributed by atoms with Crippen LogP contribution < -0.4 is 5.43 Å². The smallest absolute Gasteiger partial charge is 0.422 e. The number of thioether (sulfide) groups is 1. The van der Waals surface area contributed by atoms with Crippen LogP contribution in [0.4, 0.5) is 4.79 Å². The number of amides is 1. The van der Waals surface area contributed by atoms with Crippen molar-refractivity contribution in [3.63, 3.8) is 0 Å². The fourth-order valence-corrected chi connectivity index (χ4v) is 2.65. The fraction of sp³-hybridized carbons (Fsp3) is 0.900. The van der Waals surface area contributed by atoms with Crippen molar-refractivity contribution in [2.24, 2.45) is 0 Å². The van der Waals surface area contributed by atoms with Gasteiger partial charge in [0.25, 0.3) is 0 Å². The largest absolute Gasteiger partial charge is 0.464 e. The number of carbonyl (C=O) groups is 1. The molecule has 0 saturated carbocycles. The highest BCUT2D eigenvalue weighted by molar-refractivity contribution is 7.99. The molecule has 1 amide bonds. The summed E-state index contributed by atoms with van der Waals surface area (Å²) in [5.74, 6) is 2.24. The first-order valence-corrected chi connectivity index (χ1v) is 6.44. The van der Waals surface area contributed by atoms with Crippen molar-refractivity contribution in [1.29, 1.82) is 0 Å². The minimum absolute atomic E-state index is 0.307. The highest BCUT2D eigenvalue weighted by Crippen LogP contribution is 2.19. The number of nitrogens with zero attached hydrogens (tertiary/aromatic N) is 1. The summed E-state index contributed by atoms with van der Waals surface area (Å²) in [5.41, 5.74) is 2.72. The van der Waals surface area contributed by atoms with Gasteiger partial charge in [0.05, 0.1) is 5.54 Å². The summed E-state index contributed by atoms with van der Waals surface area (Å²) in [6, 6.07) is 0.307. The first-order chi connectivity index (χ1) is 6.91. The van der Waals surface area contributed by atoms with Crippen molar-refractivity contribution in [2.75, 3.05) is 11.5 Å². The number of nitrogens with one attached hydrogen (secondary N) is 1. The van der Waals surface area contributed by atoms with Crippen LogP contribution in [0.3, 0.4) is 0 Å². The zero-order chi connectivity index (χ0) is 11.5. The van der Waals surface area contributed by atoms with Crippen molar-refractivity contribution < 1.29 is 9.90 Å². The monoisotopic (exact) mass is 232 g/mol. The van der Waals surface area contributed by atoms with Gasteiger partial charge in [-0.2, -0.15) is 11.8 Å². The Morgan fingerprint density at radius 2 is 1.93 bits per heavy atom. The lowest BCUT2D eigenvalue weighted by Crippen LogP contribution is -2.57. The Morgan fingerprint density at radius 3 is 2.33 bits per heavy atom. The predicted molar refractivity (Wildman–Crippen MR) is 63.1 cm³/mol. The summed E-state index contributed by atoms with van der Waals surface area (Å²) in [6.07, 6.45) is 1.19. The van der Waals surface area contributed by atoms with Gasteiger partial charge < -0.3 is 5.11 Å². The van der Waals surface area contributed by atoms with Crippen LogP contribution >= 0.6 is 11.8 Å². The van der Waals surface area contributed by atoms with E-state index >= 15 is 0 Å². The second-order valence-electron chi connectivity index (χ2n) is 4.80. The third kappa shape index (κ3) is 3.91. The van der Waals surface area contributed by atoms with Crippen LogP contribution in [0, 0.1) is 0 Å². The van der Waals surface area contributed by atoms with E-state index in [9.17, 15) is 4.79 Å². The van der Waals surface area contributed by atoms with Crippen LogP contribution in [0.25, 0.3) is 0 Å². The minimum Gasteiger partial charge on any atom is -0.464 e. The van der Waals surface area contributed by atoms with Crippen molar-refractivity contribution in [3.8, 4) is 0 Å². The van der Waals surface area contributed by atoms with E-state index in [1.807, 2.05) is 32.5 Å². The molecule has 0 aromatic carbocycles. The summed E-state index contributed by atoms with van der Waals surface area (Å²) in [5, 5.41) is 10.4. The minimum atomic E-state index is -0.902. The molecule has 15 heavy (non-hydrogen) atoms. The molecule has 0 spiro atoms. The van der Waals surface area contributed by atoms with E-state index in [0.717, 1.165) is 24.3 Å². The molecule has 1 aliphatic rings. The number of rotatable bonds is 2. The van der Waals surface area contributed by atoms with Crippen LogP contribution in [0.15, 0.2) is 0 Å². The van der Waals surface area contributed by atoms with Crippen LogP contribution in [-0.2, 0) is 0 Å². The molecule has 1 aliphatic heterocycles. The second kappa shape index (κ2) is 5.07. The zero-order valence-electron chi connectivity index (χ0n) is 9.62. The molecule has 0 atom stereocenters. The van der Waals surface area contributed by atoms with Crippen LogP contribution in [-0.4, -0.2) is 39.3 Å². The Morgan fingerprint density at radius 1 is 1.40 bits per heavy atom. The standard InChI is InChI=1S/C10H20N2O2S/c1-10(2,3)12(9(13)14)11-8-4-6-15-7-5-8/h8,11H,4-7H2,1-3H3,(H,13,14). The molecule has 88 valence electrons. The van der Waals surface area contributed by atoms with Crippen molar-refractivity contribution >= 4 is 17.9 Å². The molecular weight excluding hydrogens is 212 g/mol. The zero-order valence-corrected chi connectivity index (χ0v) is 10.4. The summed E-state index contributed by atoms with van der Waals surface area (Å²) < 4.78 is 0. The van der Waals surface area contributed by atoms with Gasteiger partial charge in [-0.15, -0.1) is 0 Å². The van der Waals surface area contributed by atoms with E-state index in [1.165, 1.54) is 5.01 Å². The van der Waals surface area contributed by atoms with Gasteiger partial charge >= 0.3 is 6.09 Å². The van der Waals surface area contributed by atoms with Crippen molar-refractivity contribution in [1.82, 2.24) is 10.4 Å². The predicted octanol–water partition coefficient (Wildman–Crippen LogP) is 2.17. The molecule has 1 heterocycles. The van der Waals surface area contributed by atoms with E-state index < -0.39 is 11.6 Å². The first-order valence-electron chi connectivity index (χ1n) is 5.28. The molecule has 2 N–H and O–H groups in total. The van der Waals surface area contributed by atoms with Gasteiger partial charge in [0, 0.05) is 6.04 Å². The number of carboxylic acid groups (broad SMARTS) is 1. The molecule has 4 nitrogen and oxygen atoms in total. The Balaban J connectivity index is 2.54. The quantitative estimate of drug-likeness (QED) is 0.716. The third-order valence-corrected chi connectivity index (χ3v) is 3.44. The Labute approximate surface area is 95.4 Å². The van der Waals surface area contributed by atoms with Crippen LogP contribution in [0.5, 0.6) is 0 Å². The lowest BCUT2D eigenvalue weighted by molar-refractivity contribution is 0.0503. The number of hydrogen-bond acceptors (Lipinski definition) is 3. The Kier molecular flexibility index (Phi) is 4.28. The lowest BCUT2D eigenvalue weighted by Gasteiger charge is -2.37. The normalized spacial score (nSPS) is 18.9. The molecule has 0 bridgehead atoms. The van der Waals surface area contributed by atoms with Crippen molar-refractivity contribution in [3.05, 3.63) is 0 Å². The molecule has 1 saturated heterocycles. The molecule has 0 aliphatic carbocycles. The Bertz CT molecular complexity index is 222. The summed E-state index contributed by atoms with van der Waals surface area (Å²) >= 11 is 1.94. The van der Waals surface area contributed by atoms with Gasteiger partial charge in [-0.1, -0.05) is 0 Å². The lowest BCUT2D eigenvalue weighted by atomic mass is 10.1.